The van der Waals surface area contributed by atoms with Gasteiger partial charge >= 0.3 is 0 Å². The third kappa shape index (κ3) is 4.45. The molecule has 1 atom stereocenters. The molecule has 118 valence electrons. The van der Waals surface area contributed by atoms with E-state index in [-0.39, 0.29) is 6.04 Å². The highest BCUT2D eigenvalue weighted by Gasteiger charge is 2.17. The summed E-state index contributed by atoms with van der Waals surface area (Å²) < 4.78 is 0. The molecule has 0 aliphatic carbocycles. The van der Waals surface area contributed by atoms with Gasteiger partial charge in [0.1, 0.15) is 0 Å². The van der Waals surface area contributed by atoms with Crippen molar-refractivity contribution in [3.8, 4) is 0 Å². The van der Waals surface area contributed by atoms with Crippen LogP contribution in [0.2, 0.25) is 0 Å². The van der Waals surface area contributed by atoms with E-state index < -0.39 is 0 Å². The summed E-state index contributed by atoms with van der Waals surface area (Å²) in [5.41, 5.74) is 10.2. The van der Waals surface area contributed by atoms with Gasteiger partial charge in [-0.1, -0.05) is 26.0 Å². The highest BCUT2D eigenvalue weighted by Crippen LogP contribution is 2.23. The molecule has 1 fully saturated rings. The topological polar surface area (TPSA) is 32.5 Å². The van der Waals surface area contributed by atoms with E-state index in [9.17, 15) is 0 Å². The Morgan fingerprint density at radius 3 is 2.43 bits per heavy atom. The highest BCUT2D eigenvalue weighted by molar-refractivity contribution is 5.55. The third-order valence-electron chi connectivity index (χ3n) is 4.54. The van der Waals surface area contributed by atoms with Gasteiger partial charge in [-0.15, -0.1) is 0 Å². The second kappa shape index (κ2) is 7.81. The maximum atomic E-state index is 6.06. The second-order valence-electron chi connectivity index (χ2n) is 6.32. The molecule has 0 radical (unpaired) electrons. The van der Waals surface area contributed by atoms with Gasteiger partial charge in [-0.3, -0.25) is 4.90 Å². The molecule has 0 bridgehead atoms. The van der Waals surface area contributed by atoms with Crippen LogP contribution in [0.1, 0.15) is 37.8 Å². The first-order valence-corrected chi connectivity index (χ1v) is 8.46. The van der Waals surface area contributed by atoms with E-state index in [0.29, 0.717) is 0 Å². The molecule has 1 unspecified atom stereocenters. The third-order valence-corrected chi connectivity index (χ3v) is 4.54. The lowest BCUT2D eigenvalue weighted by Gasteiger charge is -2.36. The van der Waals surface area contributed by atoms with Crippen LogP contribution in [0.25, 0.3) is 0 Å². The monoisotopic (exact) mass is 289 g/mol. The van der Waals surface area contributed by atoms with Gasteiger partial charge in [0, 0.05) is 37.9 Å². The molecular formula is C18H31N3. The highest BCUT2D eigenvalue weighted by atomic mass is 15.3. The van der Waals surface area contributed by atoms with Gasteiger partial charge in [-0.2, -0.15) is 0 Å². The lowest BCUT2D eigenvalue weighted by molar-refractivity contribution is 0.258. The number of hydrogen-bond donors (Lipinski definition) is 1. The van der Waals surface area contributed by atoms with Crippen molar-refractivity contribution in [2.24, 2.45) is 5.73 Å². The average Bonchev–Trinajstić information content (AvgIpc) is 2.49. The molecule has 1 aromatic rings. The Labute approximate surface area is 130 Å². The number of hydrogen-bond acceptors (Lipinski definition) is 3. The molecule has 2 N–H and O–H groups in total. The van der Waals surface area contributed by atoms with Crippen molar-refractivity contribution in [2.75, 3.05) is 37.6 Å². The standard InChI is InChI=1S/C18H31N3/c1-4-8-20-9-11-21(12-10-20)18-7-6-16(13-15(18)3)14-17(19)5-2/h6-7,13,17H,4-5,8-12,14,19H2,1-3H3. The largest absolute Gasteiger partial charge is 0.369 e. The molecule has 0 amide bonds. The fraction of sp³-hybridized carbons (Fsp3) is 0.667. The van der Waals surface area contributed by atoms with Gasteiger partial charge < -0.3 is 10.6 Å². The lowest BCUT2D eigenvalue weighted by atomic mass is 10.0. The minimum absolute atomic E-state index is 0.285. The molecule has 1 heterocycles. The molecule has 1 aliphatic rings. The number of aryl methyl sites for hydroxylation is 1. The molecule has 0 spiro atoms. The molecule has 1 saturated heterocycles. The minimum atomic E-state index is 0.285. The summed E-state index contributed by atoms with van der Waals surface area (Å²) in [4.78, 5) is 5.10. The van der Waals surface area contributed by atoms with Crippen LogP contribution in [0.15, 0.2) is 18.2 Å². The Kier molecular flexibility index (Phi) is 6.07. The number of nitrogens with two attached hydrogens (primary N) is 1. The molecule has 1 aliphatic heterocycles. The van der Waals surface area contributed by atoms with Crippen molar-refractivity contribution >= 4 is 5.69 Å². The second-order valence-corrected chi connectivity index (χ2v) is 6.32. The van der Waals surface area contributed by atoms with Gasteiger partial charge in [-0.05, 0) is 49.9 Å². The summed E-state index contributed by atoms with van der Waals surface area (Å²) in [7, 11) is 0. The van der Waals surface area contributed by atoms with E-state index in [1.54, 1.807) is 0 Å². The number of piperazine rings is 1. The normalized spacial score (nSPS) is 18.0. The molecule has 1 aromatic carbocycles. The Bertz CT molecular complexity index is 436. The predicted octanol–water partition coefficient (Wildman–Crippen LogP) is 2.81. The maximum absolute atomic E-state index is 6.06. The Morgan fingerprint density at radius 2 is 1.86 bits per heavy atom. The maximum Gasteiger partial charge on any atom is 0.0397 e. The van der Waals surface area contributed by atoms with Gasteiger partial charge in [-0.25, -0.2) is 0 Å². The van der Waals surface area contributed by atoms with E-state index in [4.69, 9.17) is 5.73 Å². The molecule has 3 heteroatoms. The van der Waals surface area contributed by atoms with Crippen LogP contribution >= 0.6 is 0 Å². The van der Waals surface area contributed by atoms with Crippen molar-refractivity contribution in [1.82, 2.24) is 4.90 Å². The van der Waals surface area contributed by atoms with Crippen LogP contribution in [0.5, 0.6) is 0 Å². The first-order chi connectivity index (χ1) is 10.1. The molecule has 0 aromatic heterocycles. The smallest absolute Gasteiger partial charge is 0.0397 e. The molecule has 3 nitrogen and oxygen atoms in total. The average molecular weight is 289 g/mol. The number of rotatable bonds is 6. The van der Waals surface area contributed by atoms with Crippen LogP contribution in [0, 0.1) is 6.92 Å². The fourth-order valence-electron chi connectivity index (χ4n) is 3.18. The van der Waals surface area contributed by atoms with Gasteiger partial charge in [0.2, 0.25) is 0 Å². The lowest BCUT2D eigenvalue weighted by Crippen LogP contribution is -2.46. The van der Waals surface area contributed by atoms with Gasteiger partial charge in [0.25, 0.3) is 0 Å². The van der Waals surface area contributed by atoms with E-state index in [1.165, 1.54) is 42.9 Å². The van der Waals surface area contributed by atoms with E-state index in [1.807, 2.05) is 0 Å². The molecule has 2 rings (SSSR count). The zero-order valence-electron chi connectivity index (χ0n) is 13.9. The summed E-state index contributed by atoms with van der Waals surface area (Å²) in [6.45, 7) is 12.6. The van der Waals surface area contributed by atoms with Crippen LogP contribution in [0.3, 0.4) is 0 Å². The summed E-state index contributed by atoms with van der Waals surface area (Å²) in [5, 5.41) is 0. The molecule has 0 saturated carbocycles. The predicted molar refractivity (Wildman–Crippen MR) is 92.1 cm³/mol. The Hall–Kier alpha value is -1.06. The number of nitrogens with zero attached hydrogens (tertiary/aromatic N) is 2. The zero-order chi connectivity index (χ0) is 15.2. The fourth-order valence-corrected chi connectivity index (χ4v) is 3.18. The summed E-state index contributed by atoms with van der Waals surface area (Å²) in [5.74, 6) is 0. The first-order valence-electron chi connectivity index (χ1n) is 8.46. The van der Waals surface area contributed by atoms with E-state index in [0.717, 1.165) is 25.9 Å². The van der Waals surface area contributed by atoms with Crippen molar-refractivity contribution < 1.29 is 0 Å². The van der Waals surface area contributed by atoms with Gasteiger partial charge in [0.05, 0.1) is 0 Å². The van der Waals surface area contributed by atoms with Crippen molar-refractivity contribution in [3.05, 3.63) is 29.3 Å². The zero-order valence-corrected chi connectivity index (χ0v) is 13.9. The number of anilines is 1. The van der Waals surface area contributed by atoms with Crippen LogP contribution in [-0.2, 0) is 6.42 Å². The minimum Gasteiger partial charge on any atom is -0.369 e. The van der Waals surface area contributed by atoms with Crippen molar-refractivity contribution in [1.29, 1.82) is 0 Å². The van der Waals surface area contributed by atoms with Crippen LogP contribution in [0.4, 0.5) is 5.69 Å². The summed E-state index contributed by atoms with van der Waals surface area (Å²) >= 11 is 0. The van der Waals surface area contributed by atoms with E-state index in [2.05, 4.69) is 48.8 Å². The van der Waals surface area contributed by atoms with E-state index >= 15 is 0 Å². The summed E-state index contributed by atoms with van der Waals surface area (Å²) in [6, 6.07) is 7.16. The first kappa shape index (κ1) is 16.3. The van der Waals surface area contributed by atoms with Crippen LogP contribution < -0.4 is 10.6 Å². The van der Waals surface area contributed by atoms with Crippen molar-refractivity contribution in [3.63, 3.8) is 0 Å². The van der Waals surface area contributed by atoms with Crippen molar-refractivity contribution in [2.45, 2.75) is 46.1 Å². The van der Waals surface area contributed by atoms with Gasteiger partial charge in [0.15, 0.2) is 0 Å². The SMILES string of the molecule is CCCN1CCN(c2ccc(CC(N)CC)cc2C)CC1. The molecular weight excluding hydrogens is 258 g/mol. The molecule has 21 heavy (non-hydrogen) atoms. The number of benzene rings is 1. The quantitative estimate of drug-likeness (QED) is 0.874. The Balaban J connectivity index is 1.98. The summed E-state index contributed by atoms with van der Waals surface area (Å²) in [6.07, 6.45) is 3.29. The Morgan fingerprint density at radius 1 is 1.14 bits per heavy atom. The van der Waals surface area contributed by atoms with Crippen LogP contribution in [-0.4, -0.2) is 43.7 Å².